The molecule has 0 heterocycles. The van der Waals surface area contributed by atoms with Crippen molar-refractivity contribution < 1.29 is 18.0 Å². The smallest absolute Gasteiger partial charge is 0.243 e. The monoisotopic (exact) mass is 521 g/mol. The van der Waals surface area contributed by atoms with Crippen LogP contribution in [0.3, 0.4) is 0 Å². The predicted octanol–water partition coefficient (Wildman–Crippen LogP) is 4.53. The van der Waals surface area contributed by atoms with Gasteiger partial charge in [-0.05, 0) is 69.0 Å². The van der Waals surface area contributed by atoms with Crippen molar-refractivity contribution in [2.24, 2.45) is 0 Å². The second kappa shape index (κ2) is 12.9. The number of hydrogen-bond acceptors (Lipinski definition) is 4. The van der Waals surface area contributed by atoms with Crippen molar-refractivity contribution in [3.05, 3.63) is 64.7 Å². The second-order valence-electron chi connectivity index (χ2n) is 9.01. The minimum Gasteiger partial charge on any atom is -0.352 e. The van der Waals surface area contributed by atoms with Crippen molar-refractivity contribution in [3.8, 4) is 0 Å². The molecule has 0 fully saturated rings. The van der Waals surface area contributed by atoms with Crippen LogP contribution in [0.25, 0.3) is 0 Å². The molecule has 2 rings (SSSR count). The minimum absolute atomic E-state index is 0.0540. The summed E-state index contributed by atoms with van der Waals surface area (Å²) in [6, 6.07) is 13.7. The third-order valence-electron chi connectivity index (χ3n) is 5.52. The summed E-state index contributed by atoms with van der Waals surface area (Å²) in [5, 5.41) is 3.49. The average Bonchev–Trinajstić information content (AvgIpc) is 2.76. The summed E-state index contributed by atoms with van der Waals surface area (Å²) in [6.45, 7) is 7.94. The van der Waals surface area contributed by atoms with Crippen LogP contribution in [0.5, 0.6) is 0 Å². The molecule has 0 saturated carbocycles. The van der Waals surface area contributed by atoms with Gasteiger partial charge < -0.3 is 10.2 Å². The number of amides is 2. The van der Waals surface area contributed by atoms with Gasteiger partial charge in [0.05, 0.1) is 11.9 Å². The van der Waals surface area contributed by atoms with E-state index < -0.39 is 16.1 Å². The number of nitrogens with zero attached hydrogens (tertiary/aromatic N) is 2. The zero-order chi connectivity index (χ0) is 26.2. The highest BCUT2D eigenvalue weighted by Gasteiger charge is 2.29. The number of carbonyl (C=O) groups is 2. The normalized spacial score (nSPS) is 12.3. The number of rotatable bonds is 12. The first-order chi connectivity index (χ1) is 16.4. The van der Waals surface area contributed by atoms with Gasteiger partial charge in [-0.25, -0.2) is 8.42 Å². The van der Waals surface area contributed by atoms with Gasteiger partial charge >= 0.3 is 0 Å². The molecule has 2 aromatic rings. The van der Waals surface area contributed by atoms with Crippen LogP contribution in [0.2, 0.25) is 5.02 Å². The Labute approximate surface area is 214 Å². The van der Waals surface area contributed by atoms with Crippen molar-refractivity contribution in [2.75, 3.05) is 17.1 Å². The third-order valence-corrected chi connectivity index (χ3v) is 6.97. The maximum absolute atomic E-state index is 13.4. The van der Waals surface area contributed by atoms with Crippen LogP contribution in [-0.4, -0.2) is 50.0 Å². The van der Waals surface area contributed by atoms with Crippen molar-refractivity contribution in [2.45, 2.75) is 65.6 Å². The first-order valence-electron chi connectivity index (χ1n) is 11.8. The van der Waals surface area contributed by atoms with Gasteiger partial charge in [-0.3, -0.25) is 13.9 Å². The first kappa shape index (κ1) is 28.7. The van der Waals surface area contributed by atoms with E-state index in [-0.39, 0.29) is 37.4 Å². The summed E-state index contributed by atoms with van der Waals surface area (Å²) in [5.41, 5.74) is 2.38. The number of benzene rings is 2. The molecule has 0 radical (unpaired) electrons. The zero-order valence-electron chi connectivity index (χ0n) is 21.1. The number of halogens is 1. The van der Waals surface area contributed by atoms with Crippen LogP contribution in [-0.2, 0) is 26.2 Å². The van der Waals surface area contributed by atoms with E-state index in [1.165, 1.54) is 4.31 Å². The van der Waals surface area contributed by atoms with Gasteiger partial charge in [0.15, 0.2) is 0 Å². The first-order valence-corrected chi connectivity index (χ1v) is 14.0. The maximum Gasteiger partial charge on any atom is 0.243 e. The van der Waals surface area contributed by atoms with Crippen molar-refractivity contribution in [1.29, 1.82) is 0 Å². The van der Waals surface area contributed by atoms with Crippen LogP contribution in [0, 0.1) is 6.92 Å². The SMILES string of the molecule is CC[C@H](C(=O)NC(C)C)N(Cc1ccc(Cl)cc1)C(=O)CCCN(c1cccc(C)c1)S(C)(=O)=O. The van der Waals surface area contributed by atoms with Gasteiger partial charge in [0.2, 0.25) is 21.8 Å². The molecule has 0 saturated heterocycles. The Kier molecular flexibility index (Phi) is 10.6. The van der Waals surface area contributed by atoms with Crippen LogP contribution in [0.4, 0.5) is 5.69 Å². The van der Waals surface area contributed by atoms with E-state index in [0.29, 0.717) is 23.6 Å². The van der Waals surface area contributed by atoms with Crippen molar-refractivity contribution >= 4 is 39.1 Å². The molecule has 0 spiro atoms. The van der Waals surface area contributed by atoms with E-state index in [1.807, 2.05) is 45.9 Å². The highest BCUT2D eigenvalue weighted by molar-refractivity contribution is 7.92. The topological polar surface area (TPSA) is 86.8 Å². The average molecular weight is 522 g/mol. The van der Waals surface area contributed by atoms with Crippen LogP contribution < -0.4 is 9.62 Å². The molecule has 0 bridgehead atoms. The molecule has 0 aromatic heterocycles. The van der Waals surface area contributed by atoms with Crippen molar-refractivity contribution in [3.63, 3.8) is 0 Å². The lowest BCUT2D eigenvalue weighted by molar-refractivity contribution is -0.141. The molecular weight excluding hydrogens is 486 g/mol. The van der Waals surface area contributed by atoms with Gasteiger partial charge in [0.25, 0.3) is 0 Å². The van der Waals surface area contributed by atoms with Gasteiger partial charge in [0, 0.05) is 30.6 Å². The standard InChI is InChI=1S/C26H36ClN3O4S/c1-6-24(26(32)28-19(2)3)29(18-21-12-14-22(27)15-13-21)25(31)11-8-16-30(35(5,33)34)23-10-7-9-20(4)17-23/h7,9-10,12-15,17,19,24H,6,8,11,16,18H2,1-5H3,(H,28,32)/t24-/m1/s1. The number of hydrogen-bond donors (Lipinski definition) is 1. The Morgan fingerprint density at radius 2 is 1.74 bits per heavy atom. The van der Waals surface area contributed by atoms with Crippen LogP contribution >= 0.6 is 11.6 Å². The predicted molar refractivity (Wildman–Crippen MR) is 142 cm³/mol. The Balaban J connectivity index is 2.21. The summed E-state index contributed by atoms with van der Waals surface area (Å²) in [7, 11) is -3.52. The van der Waals surface area contributed by atoms with Gasteiger partial charge in [0.1, 0.15) is 6.04 Å². The van der Waals surface area contributed by atoms with Crippen LogP contribution in [0.15, 0.2) is 48.5 Å². The molecule has 2 amide bonds. The molecular formula is C26H36ClN3O4S. The summed E-state index contributed by atoms with van der Waals surface area (Å²) < 4.78 is 26.2. The molecule has 0 aliphatic rings. The highest BCUT2D eigenvalue weighted by atomic mass is 35.5. The highest BCUT2D eigenvalue weighted by Crippen LogP contribution is 2.21. The molecule has 35 heavy (non-hydrogen) atoms. The van der Waals surface area contributed by atoms with E-state index in [2.05, 4.69) is 5.32 Å². The van der Waals surface area contributed by atoms with E-state index >= 15 is 0 Å². The van der Waals surface area contributed by atoms with Gasteiger partial charge in [-0.1, -0.05) is 42.8 Å². The van der Waals surface area contributed by atoms with Gasteiger partial charge in [-0.15, -0.1) is 0 Å². The number of aryl methyl sites for hydroxylation is 1. The molecule has 192 valence electrons. The molecule has 7 nitrogen and oxygen atoms in total. The lowest BCUT2D eigenvalue weighted by Gasteiger charge is -2.31. The maximum atomic E-state index is 13.4. The Hall–Kier alpha value is -2.58. The number of carbonyl (C=O) groups excluding carboxylic acids is 2. The molecule has 0 unspecified atom stereocenters. The third kappa shape index (κ3) is 8.85. The van der Waals surface area contributed by atoms with E-state index in [9.17, 15) is 18.0 Å². The molecule has 2 aromatic carbocycles. The Morgan fingerprint density at radius 3 is 2.29 bits per heavy atom. The minimum atomic E-state index is -3.52. The van der Waals surface area contributed by atoms with E-state index in [0.717, 1.165) is 17.4 Å². The number of sulfonamides is 1. The van der Waals surface area contributed by atoms with Crippen LogP contribution in [0.1, 0.15) is 51.2 Å². The largest absolute Gasteiger partial charge is 0.352 e. The summed E-state index contributed by atoms with van der Waals surface area (Å²) in [6.07, 6.45) is 2.04. The molecule has 0 aliphatic heterocycles. The van der Waals surface area contributed by atoms with E-state index in [1.54, 1.807) is 35.2 Å². The summed E-state index contributed by atoms with van der Waals surface area (Å²) in [5.74, 6) is -0.411. The van der Waals surface area contributed by atoms with Crippen molar-refractivity contribution in [1.82, 2.24) is 10.2 Å². The number of anilines is 1. The molecule has 1 N–H and O–H groups in total. The lowest BCUT2D eigenvalue weighted by Crippen LogP contribution is -2.50. The fraction of sp³-hybridized carbons (Fsp3) is 0.462. The Bertz CT molecular complexity index is 1100. The molecule has 1 atom stereocenters. The second-order valence-corrected chi connectivity index (χ2v) is 11.4. The quantitative estimate of drug-likeness (QED) is 0.444. The number of nitrogens with one attached hydrogen (secondary N) is 1. The molecule has 0 aliphatic carbocycles. The summed E-state index contributed by atoms with van der Waals surface area (Å²) in [4.78, 5) is 27.9. The van der Waals surface area contributed by atoms with E-state index in [4.69, 9.17) is 11.6 Å². The lowest BCUT2D eigenvalue weighted by atomic mass is 10.1. The summed E-state index contributed by atoms with van der Waals surface area (Å²) >= 11 is 6.01. The molecule has 9 heteroatoms. The zero-order valence-corrected chi connectivity index (χ0v) is 22.7. The fourth-order valence-electron chi connectivity index (χ4n) is 3.87. The fourth-order valence-corrected chi connectivity index (χ4v) is 4.96. The van der Waals surface area contributed by atoms with Gasteiger partial charge in [-0.2, -0.15) is 0 Å². The Morgan fingerprint density at radius 1 is 1.09 bits per heavy atom.